The van der Waals surface area contributed by atoms with Crippen molar-refractivity contribution in [1.29, 1.82) is 0 Å². The van der Waals surface area contributed by atoms with Crippen molar-refractivity contribution in [2.75, 3.05) is 32.9 Å². The van der Waals surface area contributed by atoms with Crippen LogP contribution < -0.4 is 10.1 Å². The summed E-state index contributed by atoms with van der Waals surface area (Å²) in [6, 6.07) is 7.22. The van der Waals surface area contributed by atoms with Gasteiger partial charge in [0.15, 0.2) is 5.82 Å². The maximum Gasteiger partial charge on any atom is 0.250 e. The normalized spacial score (nSPS) is 22.8. The van der Waals surface area contributed by atoms with Gasteiger partial charge in [-0.1, -0.05) is 24.3 Å². The predicted octanol–water partition coefficient (Wildman–Crippen LogP) is 5.34. The number of fused-ring (bicyclic) bond motifs is 2. The fourth-order valence-corrected chi connectivity index (χ4v) is 5.38. The maximum absolute atomic E-state index is 15.8. The van der Waals surface area contributed by atoms with Crippen LogP contribution in [0, 0.1) is 11.6 Å². The summed E-state index contributed by atoms with van der Waals surface area (Å²) in [5.41, 5.74) is 2.84. The molecule has 4 nitrogen and oxygen atoms in total. The Morgan fingerprint density at radius 3 is 2.77 bits per heavy atom. The van der Waals surface area contributed by atoms with E-state index in [1.165, 1.54) is 0 Å². The molecular weight excluding hydrogens is 458 g/mol. The second kappa shape index (κ2) is 9.90. The maximum atomic E-state index is 15.8. The molecule has 2 atom stereocenters. The van der Waals surface area contributed by atoms with E-state index >= 15 is 13.2 Å². The molecule has 1 fully saturated rings. The zero-order chi connectivity index (χ0) is 24.6. The Balaban J connectivity index is 1.49. The Bertz CT molecular complexity index is 1120. The molecule has 0 spiro atoms. The summed E-state index contributed by atoms with van der Waals surface area (Å²) < 4.78 is 63.9. The van der Waals surface area contributed by atoms with Gasteiger partial charge in [0.1, 0.15) is 18.1 Å². The lowest BCUT2D eigenvalue weighted by Crippen LogP contribution is -2.45. The third kappa shape index (κ3) is 4.83. The fourth-order valence-electron chi connectivity index (χ4n) is 5.38. The van der Waals surface area contributed by atoms with Crippen molar-refractivity contribution in [3.8, 4) is 5.88 Å². The average Bonchev–Trinajstić information content (AvgIpc) is 3.46. The molecule has 1 aliphatic heterocycles. The SMILES string of the molecule is C[C@@H]1CC2=C(Cc3ccccc32)[C@@H](c2c(F)cnc(OCCNCCCF)c2F)N1CC1(F)CC1. The van der Waals surface area contributed by atoms with Gasteiger partial charge < -0.3 is 10.1 Å². The molecule has 1 saturated carbocycles. The highest BCUT2D eigenvalue weighted by molar-refractivity contribution is 5.79. The molecule has 1 aromatic carbocycles. The number of nitrogens with one attached hydrogen (secondary N) is 1. The van der Waals surface area contributed by atoms with Crippen molar-refractivity contribution in [3.63, 3.8) is 0 Å². The van der Waals surface area contributed by atoms with Crippen molar-refractivity contribution in [2.45, 2.75) is 56.8 Å². The number of rotatable bonds is 10. The van der Waals surface area contributed by atoms with E-state index in [9.17, 15) is 4.39 Å². The topological polar surface area (TPSA) is 37.4 Å². The summed E-state index contributed by atoms with van der Waals surface area (Å²) in [6.45, 7) is 2.71. The van der Waals surface area contributed by atoms with Crippen LogP contribution in [0.4, 0.5) is 17.6 Å². The number of ether oxygens (including phenoxy) is 1. The first-order valence-corrected chi connectivity index (χ1v) is 12.4. The smallest absolute Gasteiger partial charge is 0.250 e. The van der Waals surface area contributed by atoms with Gasteiger partial charge in [-0.25, -0.2) is 18.2 Å². The van der Waals surface area contributed by atoms with Crippen LogP contribution >= 0.6 is 0 Å². The van der Waals surface area contributed by atoms with Gasteiger partial charge in [0.25, 0.3) is 5.88 Å². The highest BCUT2D eigenvalue weighted by Crippen LogP contribution is 2.52. The van der Waals surface area contributed by atoms with E-state index in [1.54, 1.807) is 0 Å². The van der Waals surface area contributed by atoms with Crippen LogP contribution in [0.15, 0.2) is 36.0 Å². The lowest BCUT2D eigenvalue weighted by Gasteiger charge is -2.43. The molecule has 1 aromatic heterocycles. The Hall–Kier alpha value is -2.45. The molecular formula is C27H31F4N3O. The summed E-state index contributed by atoms with van der Waals surface area (Å²) in [7, 11) is 0. The molecule has 1 N–H and O–H groups in total. The third-order valence-corrected chi connectivity index (χ3v) is 7.35. The number of hydrogen-bond donors (Lipinski definition) is 1. The monoisotopic (exact) mass is 489 g/mol. The molecule has 188 valence electrons. The van der Waals surface area contributed by atoms with Crippen LogP contribution in [0.2, 0.25) is 0 Å². The molecule has 5 rings (SSSR count). The van der Waals surface area contributed by atoms with Crippen LogP contribution in [0.1, 0.15) is 55.3 Å². The molecule has 0 bridgehead atoms. The van der Waals surface area contributed by atoms with Crippen molar-refractivity contribution in [2.24, 2.45) is 0 Å². The third-order valence-electron chi connectivity index (χ3n) is 7.35. The molecule has 2 heterocycles. The van der Waals surface area contributed by atoms with Crippen LogP contribution in [0.3, 0.4) is 0 Å². The number of nitrogens with zero attached hydrogens (tertiary/aromatic N) is 2. The zero-order valence-corrected chi connectivity index (χ0v) is 19.9. The van der Waals surface area contributed by atoms with E-state index in [4.69, 9.17) is 4.74 Å². The van der Waals surface area contributed by atoms with Crippen molar-refractivity contribution in [3.05, 3.63) is 64.4 Å². The largest absolute Gasteiger partial charge is 0.474 e. The van der Waals surface area contributed by atoms with E-state index in [-0.39, 0.29) is 30.6 Å². The van der Waals surface area contributed by atoms with Crippen LogP contribution in [-0.2, 0) is 6.42 Å². The van der Waals surface area contributed by atoms with E-state index in [0.29, 0.717) is 45.2 Å². The van der Waals surface area contributed by atoms with Crippen molar-refractivity contribution in [1.82, 2.24) is 15.2 Å². The predicted molar refractivity (Wildman–Crippen MR) is 127 cm³/mol. The highest BCUT2D eigenvalue weighted by atomic mass is 19.1. The van der Waals surface area contributed by atoms with Gasteiger partial charge >= 0.3 is 0 Å². The Morgan fingerprint density at radius 1 is 1.20 bits per heavy atom. The molecule has 35 heavy (non-hydrogen) atoms. The molecule has 0 unspecified atom stereocenters. The van der Waals surface area contributed by atoms with E-state index in [0.717, 1.165) is 28.5 Å². The number of benzene rings is 1. The number of halogens is 4. The highest BCUT2D eigenvalue weighted by Gasteiger charge is 2.50. The summed E-state index contributed by atoms with van der Waals surface area (Å²) in [5.74, 6) is -1.87. The van der Waals surface area contributed by atoms with Gasteiger partial charge in [-0.05, 0) is 67.8 Å². The summed E-state index contributed by atoms with van der Waals surface area (Å²) >= 11 is 0. The average molecular weight is 490 g/mol. The quantitative estimate of drug-likeness (QED) is 0.361. The van der Waals surface area contributed by atoms with Gasteiger partial charge in [-0.2, -0.15) is 0 Å². The molecule has 0 amide bonds. The molecule has 0 saturated heterocycles. The Morgan fingerprint density at radius 2 is 2.00 bits per heavy atom. The number of hydrogen-bond acceptors (Lipinski definition) is 4. The Kier molecular flexibility index (Phi) is 6.86. The molecule has 8 heteroatoms. The minimum Gasteiger partial charge on any atom is -0.474 e. The lowest BCUT2D eigenvalue weighted by molar-refractivity contribution is 0.0974. The lowest BCUT2D eigenvalue weighted by atomic mass is 9.84. The van der Waals surface area contributed by atoms with Gasteiger partial charge in [0.2, 0.25) is 0 Å². The summed E-state index contributed by atoms with van der Waals surface area (Å²) in [6.07, 6.45) is 3.61. The van der Waals surface area contributed by atoms with Gasteiger partial charge in [0.05, 0.1) is 24.5 Å². The van der Waals surface area contributed by atoms with E-state index in [2.05, 4.69) is 16.4 Å². The van der Waals surface area contributed by atoms with Crippen molar-refractivity contribution >= 4 is 5.57 Å². The minimum atomic E-state index is -1.30. The second-order valence-corrected chi connectivity index (χ2v) is 9.90. The number of alkyl halides is 2. The summed E-state index contributed by atoms with van der Waals surface area (Å²) in [4.78, 5) is 5.79. The first-order valence-electron chi connectivity index (χ1n) is 12.4. The first kappa shape index (κ1) is 24.3. The Labute approximate surface area is 203 Å². The van der Waals surface area contributed by atoms with E-state index in [1.807, 2.05) is 30.0 Å². The second-order valence-electron chi connectivity index (χ2n) is 9.90. The summed E-state index contributed by atoms with van der Waals surface area (Å²) in [5, 5.41) is 3.00. The zero-order valence-electron chi connectivity index (χ0n) is 19.9. The van der Waals surface area contributed by atoms with Crippen LogP contribution in [-0.4, -0.2) is 54.5 Å². The standard InChI is InChI=1S/C27H31F4N3O/c1-17-13-20-19-6-3-2-5-18(19)14-21(20)25(34(17)16-27(31)7-8-27)23-22(29)15-33-26(24(23)30)35-12-11-32-10-4-9-28/h2-3,5-6,15,17,25,32H,4,7-14,16H2,1H3/t17-,25+/m1/s1. The van der Waals surface area contributed by atoms with Gasteiger partial charge in [-0.15, -0.1) is 0 Å². The van der Waals surface area contributed by atoms with Crippen LogP contribution in [0.5, 0.6) is 5.88 Å². The number of pyridine rings is 1. The first-order chi connectivity index (χ1) is 16.9. The molecule has 2 aromatic rings. The van der Waals surface area contributed by atoms with Crippen molar-refractivity contribution < 1.29 is 22.3 Å². The number of aromatic nitrogens is 1. The molecule has 0 radical (unpaired) electrons. The van der Waals surface area contributed by atoms with E-state index < -0.39 is 30.0 Å². The molecule has 3 aliphatic rings. The van der Waals surface area contributed by atoms with Crippen LogP contribution in [0.25, 0.3) is 5.57 Å². The fraction of sp³-hybridized carbons (Fsp3) is 0.519. The van der Waals surface area contributed by atoms with Gasteiger partial charge in [0, 0.05) is 19.1 Å². The van der Waals surface area contributed by atoms with Gasteiger partial charge in [-0.3, -0.25) is 9.29 Å². The molecule has 2 aliphatic carbocycles. The minimum absolute atomic E-state index is 0.0887.